The average molecular weight is 283 g/mol. The largest absolute Gasteiger partial charge is 0.305 e. The number of benzene rings is 2. The first kappa shape index (κ1) is 12.7. The molecule has 0 bridgehead atoms. The molecule has 0 aliphatic rings. The molecule has 4 nitrogen and oxygen atoms in total. The topological polar surface area (TPSA) is 57.8 Å². The van der Waals surface area contributed by atoms with Gasteiger partial charge in [-0.25, -0.2) is 0 Å². The second kappa shape index (κ2) is 5.38. The van der Waals surface area contributed by atoms with E-state index in [9.17, 15) is 4.79 Å². The van der Waals surface area contributed by atoms with E-state index < -0.39 is 0 Å². The first-order valence-corrected chi connectivity index (χ1v) is 7.39. The zero-order chi connectivity index (χ0) is 13.9. The summed E-state index contributed by atoms with van der Waals surface area (Å²) < 4.78 is 0. The van der Waals surface area contributed by atoms with Crippen molar-refractivity contribution in [2.75, 3.05) is 11.6 Å². The highest BCUT2D eigenvalue weighted by Crippen LogP contribution is 2.23. The number of hydrogen-bond acceptors (Lipinski definition) is 3. The van der Waals surface area contributed by atoms with Gasteiger partial charge >= 0.3 is 0 Å². The van der Waals surface area contributed by atoms with Gasteiger partial charge in [-0.1, -0.05) is 24.3 Å². The number of nitrogens with one attached hydrogen (secondary N) is 2. The van der Waals surface area contributed by atoms with Crippen molar-refractivity contribution in [3.63, 3.8) is 0 Å². The summed E-state index contributed by atoms with van der Waals surface area (Å²) >= 11 is 1.55. The van der Waals surface area contributed by atoms with Gasteiger partial charge in [-0.2, -0.15) is 5.10 Å². The number of hydrogen-bond donors (Lipinski definition) is 2. The van der Waals surface area contributed by atoms with Crippen LogP contribution in [0.3, 0.4) is 0 Å². The Morgan fingerprint density at radius 3 is 2.75 bits per heavy atom. The van der Waals surface area contributed by atoms with Crippen LogP contribution in [0, 0.1) is 0 Å². The number of aromatic amines is 1. The zero-order valence-corrected chi connectivity index (χ0v) is 11.7. The predicted molar refractivity (Wildman–Crippen MR) is 82.3 cm³/mol. The molecule has 1 heterocycles. The molecule has 0 spiro atoms. The highest BCUT2D eigenvalue weighted by Gasteiger charge is 2.13. The molecule has 1 aromatic heterocycles. The van der Waals surface area contributed by atoms with Gasteiger partial charge in [-0.15, -0.1) is 11.8 Å². The quantitative estimate of drug-likeness (QED) is 0.723. The Morgan fingerprint density at radius 1 is 1.15 bits per heavy atom. The van der Waals surface area contributed by atoms with E-state index in [4.69, 9.17) is 0 Å². The minimum absolute atomic E-state index is 0.146. The number of carbonyl (C=O) groups is 1. The number of H-pyrrole nitrogens is 1. The molecule has 5 heteroatoms. The van der Waals surface area contributed by atoms with Gasteiger partial charge in [0.2, 0.25) is 0 Å². The lowest BCUT2D eigenvalue weighted by Gasteiger charge is -2.06. The molecular weight excluding hydrogens is 270 g/mol. The Kier molecular flexibility index (Phi) is 3.43. The van der Waals surface area contributed by atoms with E-state index in [1.54, 1.807) is 11.8 Å². The summed E-state index contributed by atoms with van der Waals surface area (Å²) in [5.74, 6) is 0.411. The SMILES string of the molecule is CSc1ccccc1C(=O)Nc1n[nH]c2ccccc12. The average Bonchev–Trinajstić information content (AvgIpc) is 2.90. The number of para-hydroxylation sites is 1. The summed E-state index contributed by atoms with van der Waals surface area (Å²) in [5.41, 5.74) is 1.56. The molecule has 0 radical (unpaired) electrons. The minimum atomic E-state index is -0.146. The lowest BCUT2D eigenvalue weighted by Crippen LogP contribution is -2.13. The van der Waals surface area contributed by atoms with Gasteiger partial charge in [0.05, 0.1) is 11.1 Å². The summed E-state index contributed by atoms with van der Waals surface area (Å²) in [7, 11) is 0. The lowest BCUT2D eigenvalue weighted by atomic mass is 10.2. The van der Waals surface area contributed by atoms with E-state index in [-0.39, 0.29) is 5.91 Å². The molecule has 3 aromatic rings. The predicted octanol–water partition coefficient (Wildman–Crippen LogP) is 3.54. The summed E-state index contributed by atoms with van der Waals surface area (Å²) in [6.07, 6.45) is 1.95. The summed E-state index contributed by atoms with van der Waals surface area (Å²) in [5, 5.41) is 10.8. The molecular formula is C15H13N3OS. The fraction of sp³-hybridized carbons (Fsp3) is 0.0667. The molecule has 0 fully saturated rings. The third kappa shape index (κ3) is 2.28. The smallest absolute Gasteiger partial charge is 0.258 e. The number of fused-ring (bicyclic) bond motifs is 1. The Balaban J connectivity index is 1.93. The first-order chi connectivity index (χ1) is 9.79. The summed E-state index contributed by atoms with van der Waals surface area (Å²) in [6, 6.07) is 15.2. The molecule has 0 saturated heterocycles. The zero-order valence-electron chi connectivity index (χ0n) is 10.9. The van der Waals surface area contributed by atoms with Crippen molar-refractivity contribution in [2.24, 2.45) is 0 Å². The van der Waals surface area contributed by atoms with Crippen LogP contribution in [-0.4, -0.2) is 22.4 Å². The van der Waals surface area contributed by atoms with Gasteiger partial charge in [-0.3, -0.25) is 9.89 Å². The highest BCUT2D eigenvalue weighted by molar-refractivity contribution is 7.98. The Bertz CT molecular complexity index is 766. The number of thioether (sulfide) groups is 1. The number of rotatable bonds is 3. The van der Waals surface area contributed by atoms with Crippen LogP contribution in [0.15, 0.2) is 53.4 Å². The third-order valence-corrected chi connectivity index (χ3v) is 3.85. The molecule has 0 unspecified atom stereocenters. The molecule has 20 heavy (non-hydrogen) atoms. The van der Waals surface area contributed by atoms with Crippen molar-refractivity contribution in [1.29, 1.82) is 0 Å². The number of anilines is 1. The number of nitrogens with zero attached hydrogens (tertiary/aromatic N) is 1. The van der Waals surface area contributed by atoms with Gasteiger partial charge in [0.15, 0.2) is 5.82 Å². The summed E-state index contributed by atoms with van der Waals surface area (Å²) in [4.78, 5) is 13.3. The van der Waals surface area contributed by atoms with E-state index in [1.807, 2.05) is 54.8 Å². The van der Waals surface area contributed by atoms with Gasteiger partial charge < -0.3 is 5.32 Å². The van der Waals surface area contributed by atoms with Crippen LogP contribution in [0.2, 0.25) is 0 Å². The van der Waals surface area contributed by atoms with Gasteiger partial charge in [-0.05, 0) is 30.5 Å². The maximum absolute atomic E-state index is 12.4. The molecule has 0 aliphatic heterocycles. The minimum Gasteiger partial charge on any atom is -0.305 e. The fourth-order valence-electron chi connectivity index (χ4n) is 2.07. The second-order valence-electron chi connectivity index (χ2n) is 4.27. The van der Waals surface area contributed by atoms with Crippen LogP contribution in [0.1, 0.15) is 10.4 Å². The van der Waals surface area contributed by atoms with Gasteiger partial charge in [0, 0.05) is 10.3 Å². The molecule has 1 amide bonds. The monoisotopic (exact) mass is 283 g/mol. The lowest BCUT2D eigenvalue weighted by molar-refractivity contribution is 0.102. The van der Waals surface area contributed by atoms with Crippen molar-refractivity contribution in [3.8, 4) is 0 Å². The summed E-state index contributed by atoms with van der Waals surface area (Å²) in [6.45, 7) is 0. The van der Waals surface area contributed by atoms with E-state index in [1.165, 1.54) is 0 Å². The fourth-order valence-corrected chi connectivity index (χ4v) is 2.66. The normalized spacial score (nSPS) is 10.7. The molecule has 3 rings (SSSR count). The molecule has 0 aliphatic carbocycles. The molecule has 2 aromatic carbocycles. The Morgan fingerprint density at radius 2 is 1.90 bits per heavy atom. The van der Waals surface area contributed by atoms with Crippen molar-refractivity contribution >= 4 is 34.4 Å². The molecule has 0 atom stereocenters. The number of carbonyl (C=O) groups excluding carboxylic acids is 1. The van der Waals surface area contributed by atoms with Crippen molar-refractivity contribution in [3.05, 3.63) is 54.1 Å². The van der Waals surface area contributed by atoms with E-state index in [0.29, 0.717) is 11.4 Å². The maximum Gasteiger partial charge on any atom is 0.258 e. The molecule has 2 N–H and O–H groups in total. The van der Waals surface area contributed by atoms with Crippen LogP contribution in [-0.2, 0) is 0 Å². The van der Waals surface area contributed by atoms with Crippen LogP contribution in [0.25, 0.3) is 10.9 Å². The van der Waals surface area contributed by atoms with E-state index >= 15 is 0 Å². The maximum atomic E-state index is 12.4. The van der Waals surface area contributed by atoms with Crippen molar-refractivity contribution in [1.82, 2.24) is 10.2 Å². The van der Waals surface area contributed by atoms with Crippen LogP contribution in [0.5, 0.6) is 0 Å². The van der Waals surface area contributed by atoms with Gasteiger partial charge in [0.25, 0.3) is 5.91 Å². The second-order valence-corrected chi connectivity index (χ2v) is 5.12. The number of aromatic nitrogens is 2. The first-order valence-electron chi connectivity index (χ1n) is 6.17. The molecule has 0 saturated carbocycles. The Labute approximate surface area is 120 Å². The van der Waals surface area contributed by atoms with Crippen molar-refractivity contribution in [2.45, 2.75) is 4.90 Å². The van der Waals surface area contributed by atoms with Crippen LogP contribution < -0.4 is 5.32 Å². The highest BCUT2D eigenvalue weighted by atomic mass is 32.2. The number of amides is 1. The van der Waals surface area contributed by atoms with Crippen LogP contribution in [0.4, 0.5) is 5.82 Å². The van der Waals surface area contributed by atoms with Crippen LogP contribution >= 0.6 is 11.8 Å². The Hall–Kier alpha value is -2.27. The molecule has 100 valence electrons. The van der Waals surface area contributed by atoms with E-state index in [0.717, 1.165) is 15.8 Å². The third-order valence-electron chi connectivity index (χ3n) is 3.05. The van der Waals surface area contributed by atoms with Gasteiger partial charge in [0.1, 0.15) is 0 Å². The standard InChI is InChI=1S/C15H13N3OS/c1-20-13-9-5-3-7-11(13)15(19)16-14-10-6-2-4-8-12(10)17-18-14/h2-9H,1H3,(H2,16,17,18,19). The van der Waals surface area contributed by atoms with E-state index in [2.05, 4.69) is 15.5 Å². The van der Waals surface area contributed by atoms with Crippen molar-refractivity contribution < 1.29 is 4.79 Å².